The number of hydrogen-bond donors (Lipinski definition) is 2. The van der Waals surface area contributed by atoms with Crippen molar-refractivity contribution in [2.75, 3.05) is 18.0 Å². The number of nitrogens with zero attached hydrogens (tertiary/aromatic N) is 1. The van der Waals surface area contributed by atoms with Gasteiger partial charge >= 0.3 is 0 Å². The number of carbonyl (C=O) groups excluding carboxylic acids is 1. The Kier molecular flexibility index (Phi) is 5.16. The third-order valence-corrected chi connectivity index (χ3v) is 5.01. The Morgan fingerprint density at radius 3 is 2.57 bits per heavy atom. The molecule has 1 heterocycles. The van der Waals surface area contributed by atoms with E-state index in [2.05, 4.69) is 5.32 Å². The second-order valence-corrected chi connectivity index (χ2v) is 6.70. The molecule has 0 aromatic heterocycles. The van der Waals surface area contributed by atoms with E-state index in [-0.39, 0.29) is 23.7 Å². The van der Waals surface area contributed by atoms with Crippen LogP contribution in [0.4, 0.5) is 10.1 Å². The lowest BCUT2D eigenvalue weighted by molar-refractivity contribution is -0.124. The van der Waals surface area contributed by atoms with Crippen molar-refractivity contribution < 1.29 is 14.3 Å². The highest BCUT2D eigenvalue weighted by molar-refractivity contribution is 5.78. The first-order valence-corrected chi connectivity index (χ1v) is 8.62. The first-order valence-electron chi connectivity index (χ1n) is 8.62. The van der Waals surface area contributed by atoms with E-state index in [1.54, 1.807) is 6.07 Å². The number of aliphatic hydroxyl groups excluding tert-OH is 1. The van der Waals surface area contributed by atoms with Gasteiger partial charge in [0.1, 0.15) is 5.82 Å². The number of rotatable bonds is 4. The second-order valence-electron chi connectivity index (χ2n) is 6.70. The first kappa shape index (κ1) is 16.2. The average molecular weight is 320 g/mol. The summed E-state index contributed by atoms with van der Waals surface area (Å²) in [7, 11) is 0. The fraction of sp³-hybridized carbons (Fsp3) is 0.611. The van der Waals surface area contributed by atoms with Gasteiger partial charge in [-0.15, -0.1) is 0 Å². The molecule has 1 amide bonds. The molecule has 126 valence electrons. The smallest absolute Gasteiger partial charge is 0.223 e. The highest BCUT2D eigenvalue weighted by Gasteiger charge is 2.23. The van der Waals surface area contributed by atoms with Crippen molar-refractivity contribution in [3.8, 4) is 0 Å². The molecule has 0 spiro atoms. The van der Waals surface area contributed by atoms with Crippen molar-refractivity contribution >= 4 is 11.6 Å². The largest absolute Gasteiger partial charge is 0.393 e. The molecule has 0 bridgehead atoms. The Balaban J connectivity index is 1.57. The van der Waals surface area contributed by atoms with Gasteiger partial charge in [-0.3, -0.25) is 4.79 Å². The van der Waals surface area contributed by atoms with Gasteiger partial charge in [0.05, 0.1) is 11.8 Å². The number of nitrogens with one attached hydrogen (secondary N) is 1. The number of carbonyl (C=O) groups is 1. The van der Waals surface area contributed by atoms with Crippen LogP contribution in [-0.2, 0) is 11.3 Å². The summed E-state index contributed by atoms with van der Waals surface area (Å²) in [6.07, 6.45) is 5.30. The molecule has 1 aliphatic heterocycles. The van der Waals surface area contributed by atoms with Gasteiger partial charge in [0.15, 0.2) is 0 Å². The van der Waals surface area contributed by atoms with E-state index >= 15 is 0 Å². The monoisotopic (exact) mass is 320 g/mol. The molecule has 1 aromatic rings. The lowest BCUT2D eigenvalue weighted by atomic mass is 10.1. The topological polar surface area (TPSA) is 52.6 Å². The van der Waals surface area contributed by atoms with E-state index < -0.39 is 0 Å². The quantitative estimate of drug-likeness (QED) is 0.896. The summed E-state index contributed by atoms with van der Waals surface area (Å²) in [6.45, 7) is 1.73. The van der Waals surface area contributed by atoms with Gasteiger partial charge in [-0.2, -0.15) is 0 Å². The molecule has 0 unspecified atom stereocenters. The maximum atomic E-state index is 14.3. The minimum absolute atomic E-state index is 0.0944. The fourth-order valence-corrected chi connectivity index (χ4v) is 3.55. The summed E-state index contributed by atoms with van der Waals surface area (Å²) in [6, 6.07) is 5.16. The lowest BCUT2D eigenvalue weighted by Gasteiger charge is -2.31. The van der Waals surface area contributed by atoms with Crippen LogP contribution in [0.25, 0.3) is 0 Å². The molecule has 5 heteroatoms. The Labute approximate surface area is 136 Å². The highest BCUT2D eigenvalue weighted by Crippen LogP contribution is 2.26. The van der Waals surface area contributed by atoms with E-state index in [0.29, 0.717) is 38.2 Å². The summed E-state index contributed by atoms with van der Waals surface area (Å²) in [5.74, 6) is -0.0232. The molecule has 0 atom stereocenters. The predicted molar refractivity (Wildman–Crippen MR) is 87.7 cm³/mol. The lowest BCUT2D eigenvalue weighted by Crippen LogP contribution is -2.36. The van der Waals surface area contributed by atoms with Crippen LogP contribution in [-0.4, -0.2) is 30.2 Å². The molecule has 2 fully saturated rings. The van der Waals surface area contributed by atoms with Crippen LogP contribution in [0.5, 0.6) is 0 Å². The minimum Gasteiger partial charge on any atom is -0.393 e. The summed E-state index contributed by atoms with van der Waals surface area (Å²) in [4.78, 5) is 14.0. The van der Waals surface area contributed by atoms with Crippen LogP contribution in [0.2, 0.25) is 0 Å². The minimum atomic E-state index is -0.264. The molecule has 3 rings (SSSR count). The maximum Gasteiger partial charge on any atom is 0.223 e. The van der Waals surface area contributed by atoms with Crippen molar-refractivity contribution in [3.63, 3.8) is 0 Å². The van der Waals surface area contributed by atoms with Crippen LogP contribution >= 0.6 is 0 Å². The van der Waals surface area contributed by atoms with E-state index in [4.69, 9.17) is 0 Å². The van der Waals surface area contributed by atoms with Crippen LogP contribution in [0, 0.1) is 11.7 Å². The SMILES string of the molecule is O=C(NCc1ccc(N2CCC(O)CC2)c(F)c1)C1CCCC1. The zero-order chi connectivity index (χ0) is 16.2. The molecule has 1 saturated carbocycles. The molecule has 1 aliphatic carbocycles. The Bertz CT molecular complexity index is 550. The molecular formula is C18H25FN2O2. The van der Waals surface area contributed by atoms with Crippen molar-refractivity contribution in [2.45, 2.75) is 51.2 Å². The number of amides is 1. The Morgan fingerprint density at radius 1 is 1.22 bits per heavy atom. The van der Waals surface area contributed by atoms with Crippen molar-refractivity contribution in [1.82, 2.24) is 5.32 Å². The zero-order valence-corrected chi connectivity index (χ0v) is 13.4. The summed E-state index contributed by atoms with van der Waals surface area (Å²) < 4.78 is 14.3. The van der Waals surface area contributed by atoms with E-state index in [1.165, 1.54) is 6.07 Å². The second kappa shape index (κ2) is 7.30. The summed E-state index contributed by atoms with van der Waals surface area (Å²) >= 11 is 0. The number of halogens is 1. The van der Waals surface area contributed by atoms with Crippen LogP contribution in [0.1, 0.15) is 44.1 Å². The molecule has 1 aromatic carbocycles. The van der Waals surface area contributed by atoms with Gasteiger partial charge in [-0.05, 0) is 43.4 Å². The Hall–Kier alpha value is -1.62. The third-order valence-electron chi connectivity index (χ3n) is 5.01. The zero-order valence-electron chi connectivity index (χ0n) is 13.4. The standard InChI is InChI=1S/C18H25FN2O2/c19-16-11-13(12-20-18(23)14-3-1-2-4-14)5-6-17(16)21-9-7-15(22)8-10-21/h5-6,11,14-15,22H,1-4,7-10,12H2,(H,20,23). The molecule has 2 N–H and O–H groups in total. The third kappa shape index (κ3) is 4.02. The van der Waals surface area contributed by atoms with Gasteiger partial charge in [0.25, 0.3) is 0 Å². The van der Waals surface area contributed by atoms with E-state index in [0.717, 1.165) is 31.2 Å². The van der Waals surface area contributed by atoms with Crippen molar-refractivity contribution in [2.24, 2.45) is 5.92 Å². The van der Waals surface area contributed by atoms with Crippen LogP contribution < -0.4 is 10.2 Å². The molecule has 4 nitrogen and oxygen atoms in total. The summed E-state index contributed by atoms with van der Waals surface area (Å²) in [5, 5.41) is 12.5. The van der Waals surface area contributed by atoms with Gasteiger partial charge in [-0.25, -0.2) is 4.39 Å². The number of anilines is 1. The molecule has 2 aliphatic rings. The van der Waals surface area contributed by atoms with E-state index in [1.807, 2.05) is 11.0 Å². The first-order chi connectivity index (χ1) is 11.1. The molecule has 1 saturated heterocycles. The number of aliphatic hydroxyl groups is 1. The maximum absolute atomic E-state index is 14.3. The number of hydrogen-bond acceptors (Lipinski definition) is 3. The van der Waals surface area contributed by atoms with Crippen molar-refractivity contribution in [1.29, 1.82) is 0 Å². The summed E-state index contributed by atoms with van der Waals surface area (Å²) in [5.41, 5.74) is 1.37. The van der Waals surface area contributed by atoms with Gasteiger partial charge in [-0.1, -0.05) is 18.9 Å². The van der Waals surface area contributed by atoms with Gasteiger partial charge in [0, 0.05) is 25.6 Å². The number of benzene rings is 1. The normalized spacial score (nSPS) is 20.0. The van der Waals surface area contributed by atoms with Crippen molar-refractivity contribution in [3.05, 3.63) is 29.6 Å². The molecule has 23 heavy (non-hydrogen) atoms. The molecule has 0 radical (unpaired) electrons. The van der Waals surface area contributed by atoms with E-state index in [9.17, 15) is 14.3 Å². The van der Waals surface area contributed by atoms with Gasteiger partial charge in [0.2, 0.25) is 5.91 Å². The van der Waals surface area contributed by atoms with Crippen LogP contribution in [0.15, 0.2) is 18.2 Å². The average Bonchev–Trinajstić information content (AvgIpc) is 3.08. The van der Waals surface area contributed by atoms with Gasteiger partial charge < -0.3 is 15.3 Å². The highest BCUT2D eigenvalue weighted by atomic mass is 19.1. The number of piperidine rings is 1. The Morgan fingerprint density at radius 2 is 1.91 bits per heavy atom. The van der Waals surface area contributed by atoms with Crippen LogP contribution in [0.3, 0.4) is 0 Å². The fourth-order valence-electron chi connectivity index (χ4n) is 3.55. The predicted octanol–water partition coefficient (Wildman–Crippen LogP) is 2.59. The molecular weight excluding hydrogens is 295 g/mol.